The van der Waals surface area contributed by atoms with Crippen molar-refractivity contribution in [3.63, 3.8) is 0 Å². The van der Waals surface area contributed by atoms with Crippen LogP contribution >= 0.6 is 0 Å². The number of methoxy groups -OCH3 is 1. The molecular formula is C20H24N6O2. The molecule has 0 aliphatic heterocycles. The third-order valence-electron chi connectivity index (χ3n) is 4.17. The van der Waals surface area contributed by atoms with Gasteiger partial charge in [-0.15, -0.1) is 10.2 Å². The molecule has 0 spiro atoms. The Morgan fingerprint density at radius 1 is 1.11 bits per heavy atom. The molecule has 1 amide bonds. The Labute approximate surface area is 163 Å². The normalized spacial score (nSPS) is 10.5. The number of amides is 1. The van der Waals surface area contributed by atoms with E-state index in [9.17, 15) is 4.79 Å². The summed E-state index contributed by atoms with van der Waals surface area (Å²) in [6, 6.07) is 13.2. The Morgan fingerprint density at radius 3 is 2.61 bits per heavy atom. The van der Waals surface area contributed by atoms with Crippen LogP contribution in [0.25, 0.3) is 5.82 Å². The van der Waals surface area contributed by atoms with E-state index < -0.39 is 0 Å². The van der Waals surface area contributed by atoms with Crippen molar-refractivity contribution in [2.24, 2.45) is 0 Å². The first-order chi connectivity index (χ1) is 13.6. The van der Waals surface area contributed by atoms with Crippen LogP contribution in [0.15, 0.2) is 42.5 Å². The Kier molecular flexibility index (Phi) is 6.21. The molecule has 2 N–H and O–H groups in total. The van der Waals surface area contributed by atoms with Crippen LogP contribution < -0.4 is 15.4 Å². The summed E-state index contributed by atoms with van der Waals surface area (Å²) in [5.41, 5.74) is 2.80. The summed E-state index contributed by atoms with van der Waals surface area (Å²) >= 11 is 0. The highest BCUT2D eigenvalue weighted by Gasteiger charge is 2.08. The van der Waals surface area contributed by atoms with Crippen LogP contribution in [0.1, 0.15) is 17.0 Å². The first kappa shape index (κ1) is 19.3. The highest BCUT2D eigenvalue weighted by atomic mass is 16.5. The lowest BCUT2D eigenvalue weighted by molar-refractivity contribution is -0.120. The van der Waals surface area contributed by atoms with Gasteiger partial charge >= 0.3 is 0 Å². The second kappa shape index (κ2) is 8.98. The zero-order valence-corrected chi connectivity index (χ0v) is 16.3. The predicted octanol–water partition coefficient (Wildman–Crippen LogP) is 2.06. The average molecular weight is 380 g/mol. The van der Waals surface area contributed by atoms with Crippen molar-refractivity contribution in [1.29, 1.82) is 0 Å². The third kappa shape index (κ3) is 4.85. The van der Waals surface area contributed by atoms with Crippen LogP contribution in [0.4, 0.5) is 5.82 Å². The number of rotatable bonds is 8. The van der Waals surface area contributed by atoms with Gasteiger partial charge in [0.2, 0.25) is 5.91 Å². The maximum atomic E-state index is 12.1. The number of aryl methyl sites for hydroxylation is 2. The molecule has 2 heterocycles. The fraction of sp³-hybridized carbons (Fsp3) is 0.300. The van der Waals surface area contributed by atoms with E-state index in [4.69, 9.17) is 4.74 Å². The maximum absolute atomic E-state index is 12.1. The highest BCUT2D eigenvalue weighted by Crippen LogP contribution is 2.17. The fourth-order valence-corrected chi connectivity index (χ4v) is 2.87. The third-order valence-corrected chi connectivity index (χ3v) is 4.17. The van der Waals surface area contributed by atoms with Crippen LogP contribution in [0.3, 0.4) is 0 Å². The van der Waals surface area contributed by atoms with Crippen molar-refractivity contribution >= 4 is 11.7 Å². The Balaban J connectivity index is 1.45. The van der Waals surface area contributed by atoms with E-state index in [1.54, 1.807) is 11.8 Å². The largest absolute Gasteiger partial charge is 0.496 e. The fourth-order valence-electron chi connectivity index (χ4n) is 2.87. The molecule has 0 bridgehead atoms. The zero-order valence-electron chi connectivity index (χ0n) is 16.3. The number of hydrogen-bond donors (Lipinski definition) is 2. The molecule has 0 saturated heterocycles. The molecule has 0 unspecified atom stereocenters. The van der Waals surface area contributed by atoms with Crippen LogP contribution in [-0.4, -0.2) is 46.1 Å². The van der Waals surface area contributed by atoms with Gasteiger partial charge in [-0.05, 0) is 38.1 Å². The van der Waals surface area contributed by atoms with Gasteiger partial charge in [0.15, 0.2) is 5.82 Å². The zero-order chi connectivity index (χ0) is 19.9. The van der Waals surface area contributed by atoms with Crippen molar-refractivity contribution in [1.82, 2.24) is 25.3 Å². The maximum Gasteiger partial charge on any atom is 0.224 e. The molecule has 8 nitrogen and oxygen atoms in total. The second-order valence-corrected chi connectivity index (χ2v) is 6.38. The molecule has 2 aromatic heterocycles. The number of nitrogens with zero attached hydrogens (tertiary/aromatic N) is 4. The van der Waals surface area contributed by atoms with Crippen LogP contribution in [0.2, 0.25) is 0 Å². The van der Waals surface area contributed by atoms with E-state index >= 15 is 0 Å². The molecule has 8 heteroatoms. The van der Waals surface area contributed by atoms with Crippen molar-refractivity contribution in [2.75, 3.05) is 25.5 Å². The molecule has 1 aromatic carbocycles. The average Bonchev–Trinajstić information content (AvgIpc) is 3.04. The van der Waals surface area contributed by atoms with Crippen molar-refractivity contribution < 1.29 is 9.53 Å². The van der Waals surface area contributed by atoms with E-state index in [2.05, 4.69) is 25.9 Å². The number of ether oxygens (including phenoxy) is 1. The summed E-state index contributed by atoms with van der Waals surface area (Å²) in [6.07, 6.45) is 0.279. The van der Waals surface area contributed by atoms with E-state index in [0.29, 0.717) is 30.5 Å². The lowest BCUT2D eigenvalue weighted by Crippen LogP contribution is -2.30. The van der Waals surface area contributed by atoms with E-state index in [-0.39, 0.29) is 12.3 Å². The van der Waals surface area contributed by atoms with Crippen molar-refractivity contribution in [3.05, 3.63) is 59.4 Å². The molecule has 0 radical (unpaired) electrons. The van der Waals surface area contributed by atoms with Crippen LogP contribution in [0.5, 0.6) is 5.75 Å². The Bertz CT molecular complexity index is 936. The summed E-state index contributed by atoms with van der Waals surface area (Å²) in [4.78, 5) is 12.1. The lowest BCUT2D eigenvalue weighted by Gasteiger charge is -2.10. The molecular weight excluding hydrogens is 356 g/mol. The highest BCUT2D eigenvalue weighted by molar-refractivity contribution is 5.79. The predicted molar refractivity (Wildman–Crippen MR) is 107 cm³/mol. The van der Waals surface area contributed by atoms with Crippen LogP contribution in [0, 0.1) is 13.8 Å². The van der Waals surface area contributed by atoms with E-state index in [1.165, 1.54) is 0 Å². The molecule has 3 rings (SSSR count). The van der Waals surface area contributed by atoms with Gasteiger partial charge in [0, 0.05) is 24.3 Å². The van der Waals surface area contributed by atoms with Gasteiger partial charge in [0.05, 0.1) is 19.2 Å². The monoisotopic (exact) mass is 380 g/mol. The van der Waals surface area contributed by atoms with E-state index in [0.717, 1.165) is 17.0 Å². The number of hydrogen-bond acceptors (Lipinski definition) is 6. The Hall–Kier alpha value is -3.42. The molecule has 0 saturated carbocycles. The summed E-state index contributed by atoms with van der Waals surface area (Å²) < 4.78 is 7.02. The van der Waals surface area contributed by atoms with Crippen molar-refractivity contribution in [2.45, 2.75) is 20.3 Å². The summed E-state index contributed by atoms with van der Waals surface area (Å²) in [5, 5.41) is 18.8. The molecule has 0 aliphatic carbocycles. The van der Waals surface area contributed by atoms with Gasteiger partial charge in [0.1, 0.15) is 11.6 Å². The molecule has 0 aliphatic rings. The lowest BCUT2D eigenvalue weighted by atomic mass is 10.1. The second-order valence-electron chi connectivity index (χ2n) is 6.38. The van der Waals surface area contributed by atoms with Gasteiger partial charge in [-0.3, -0.25) is 4.79 Å². The molecule has 28 heavy (non-hydrogen) atoms. The topological polar surface area (TPSA) is 94.0 Å². The number of aromatic nitrogens is 4. The number of benzene rings is 1. The standard InChI is InChI=1S/C20H24N6O2/c1-14-12-15(2)26(25-14)19-9-8-18(23-24-19)21-10-11-22-20(27)13-16-6-4-5-7-17(16)28-3/h4-9,12H,10-11,13H2,1-3H3,(H,21,23)(H,22,27). The summed E-state index contributed by atoms with van der Waals surface area (Å²) in [6.45, 7) is 4.94. The van der Waals surface area contributed by atoms with E-state index in [1.807, 2.05) is 56.3 Å². The quantitative estimate of drug-likeness (QED) is 0.581. The van der Waals surface area contributed by atoms with Gasteiger partial charge < -0.3 is 15.4 Å². The molecule has 0 atom stereocenters. The first-order valence-electron chi connectivity index (χ1n) is 9.06. The Morgan fingerprint density at radius 2 is 1.93 bits per heavy atom. The molecule has 0 fully saturated rings. The van der Waals surface area contributed by atoms with Gasteiger partial charge in [-0.2, -0.15) is 5.10 Å². The number of nitrogens with one attached hydrogen (secondary N) is 2. The molecule has 146 valence electrons. The number of anilines is 1. The molecule has 3 aromatic rings. The number of carbonyl (C=O) groups excluding carboxylic acids is 1. The smallest absolute Gasteiger partial charge is 0.224 e. The van der Waals surface area contributed by atoms with Gasteiger partial charge in [-0.25, -0.2) is 4.68 Å². The minimum atomic E-state index is -0.0581. The first-order valence-corrected chi connectivity index (χ1v) is 9.06. The minimum absolute atomic E-state index is 0.0581. The SMILES string of the molecule is COc1ccccc1CC(=O)NCCNc1ccc(-n2nc(C)cc2C)nn1. The van der Waals surface area contributed by atoms with Gasteiger partial charge in [-0.1, -0.05) is 18.2 Å². The number of carbonyl (C=O) groups is 1. The number of para-hydroxylation sites is 1. The van der Waals surface area contributed by atoms with Crippen LogP contribution in [-0.2, 0) is 11.2 Å². The van der Waals surface area contributed by atoms with Gasteiger partial charge in [0.25, 0.3) is 0 Å². The van der Waals surface area contributed by atoms with Crippen molar-refractivity contribution in [3.8, 4) is 11.6 Å². The minimum Gasteiger partial charge on any atom is -0.496 e. The summed E-state index contributed by atoms with van der Waals surface area (Å²) in [5.74, 6) is 1.97. The summed E-state index contributed by atoms with van der Waals surface area (Å²) in [7, 11) is 1.60.